The van der Waals surface area contributed by atoms with E-state index in [0.717, 1.165) is 64.4 Å². The molecule has 11 atom stereocenters. The maximum absolute atomic E-state index is 6.19. The average Bonchev–Trinajstić information content (AvgIpc) is 3.61. The number of hydrogen-bond donors (Lipinski definition) is 0. The Kier molecular flexibility index (Phi) is 5.50. The van der Waals surface area contributed by atoms with Crippen molar-refractivity contribution in [3.63, 3.8) is 0 Å². The highest BCUT2D eigenvalue weighted by Gasteiger charge is 2.67. The lowest BCUT2D eigenvalue weighted by molar-refractivity contribution is 0.213. The Balaban J connectivity index is 0.790. The van der Waals surface area contributed by atoms with E-state index in [9.17, 15) is 0 Å². The van der Waals surface area contributed by atoms with E-state index in [2.05, 4.69) is 48.5 Å². The van der Waals surface area contributed by atoms with Gasteiger partial charge in [-0.1, -0.05) is 0 Å². The SMILES string of the molecule is CC1(C)OC1CCC1(C)OC1CCC1(C)OC1CC1OC1C1(CCC2OC2(C)CCC2OC2(C)C)CO1. The maximum Gasteiger partial charge on any atom is 0.120 e. The summed E-state index contributed by atoms with van der Waals surface area (Å²) in [6.45, 7) is 16.3. The second-order valence-corrected chi connectivity index (χ2v) is 15.0. The van der Waals surface area contributed by atoms with Crippen LogP contribution in [0.3, 0.4) is 0 Å². The molecule has 7 aliphatic heterocycles. The Hall–Kier alpha value is -0.280. The molecule has 7 rings (SSSR count). The van der Waals surface area contributed by atoms with Crippen LogP contribution in [0.5, 0.6) is 0 Å². The number of hydrogen-bond acceptors (Lipinski definition) is 7. The first kappa shape index (κ1) is 25.7. The molecule has 11 unspecified atom stereocenters. The zero-order chi connectivity index (χ0) is 26.1. The summed E-state index contributed by atoms with van der Waals surface area (Å²) >= 11 is 0. The van der Waals surface area contributed by atoms with Crippen LogP contribution in [0.1, 0.15) is 106 Å². The monoisotopic (exact) mass is 520 g/mol. The molecular formula is C30H48O7. The Morgan fingerprint density at radius 3 is 1.41 bits per heavy atom. The fraction of sp³-hybridized carbons (Fsp3) is 1.00. The first-order chi connectivity index (χ1) is 17.3. The highest BCUT2D eigenvalue weighted by Crippen LogP contribution is 2.55. The minimum atomic E-state index is -0.0755. The Bertz CT molecular complexity index is 931. The molecule has 7 saturated heterocycles. The molecule has 0 spiro atoms. The van der Waals surface area contributed by atoms with Gasteiger partial charge < -0.3 is 33.2 Å². The smallest absolute Gasteiger partial charge is 0.120 e. The molecule has 0 aliphatic carbocycles. The summed E-state index contributed by atoms with van der Waals surface area (Å²) in [5, 5.41) is 0. The molecule has 0 aromatic rings. The third kappa shape index (κ3) is 5.05. The van der Waals surface area contributed by atoms with Gasteiger partial charge in [-0.05, 0) is 99.8 Å². The number of ether oxygens (including phenoxy) is 7. The number of rotatable bonds is 15. The van der Waals surface area contributed by atoms with Gasteiger partial charge in [-0.25, -0.2) is 0 Å². The summed E-state index contributed by atoms with van der Waals surface area (Å²) in [5.41, 5.74) is 0.106. The first-order valence-corrected chi connectivity index (χ1v) is 14.9. The van der Waals surface area contributed by atoms with Crippen molar-refractivity contribution in [2.24, 2.45) is 0 Å². The predicted octanol–water partition coefficient (Wildman–Crippen LogP) is 4.86. The molecular weight excluding hydrogens is 472 g/mol. The fourth-order valence-corrected chi connectivity index (χ4v) is 7.20. The fourth-order valence-electron chi connectivity index (χ4n) is 7.20. The van der Waals surface area contributed by atoms with Crippen molar-refractivity contribution in [2.75, 3.05) is 6.61 Å². The van der Waals surface area contributed by atoms with Crippen LogP contribution in [0.25, 0.3) is 0 Å². The Morgan fingerprint density at radius 2 is 0.946 bits per heavy atom. The molecule has 7 aliphatic rings. The summed E-state index contributed by atoms with van der Waals surface area (Å²) in [6.07, 6.45) is 11.9. The lowest BCUT2D eigenvalue weighted by Crippen LogP contribution is -2.24. The van der Waals surface area contributed by atoms with Crippen molar-refractivity contribution < 1.29 is 33.2 Å². The molecule has 0 amide bonds. The van der Waals surface area contributed by atoms with Crippen LogP contribution in [0.2, 0.25) is 0 Å². The Morgan fingerprint density at radius 1 is 0.541 bits per heavy atom. The molecule has 7 heterocycles. The van der Waals surface area contributed by atoms with Gasteiger partial charge in [0.05, 0.1) is 71.2 Å². The minimum Gasteiger partial charge on any atom is -0.367 e. The van der Waals surface area contributed by atoms with E-state index in [-0.39, 0.29) is 45.8 Å². The van der Waals surface area contributed by atoms with Crippen LogP contribution in [0.15, 0.2) is 0 Å². The second-order valence-electron chi connectivity index (χ2n) is 15.0. The van der Waals surface area contributed by atoms with Crippen LogP contribution in [-0.4, -0.2) is 82.9 Å². The van der Waals surface area contributed by atoms with Crippen molar-refractivity contribution in [1.82, 2.24) is 0 Å². The van der Waals surface area contributed by atoms with Gasteiger partial charge in [0.15, 0.2) is 0 Å². The van der Waals surface area contributed by atoms with Gasteiger partial charge in [0.1, 0.15) is 11.7 Å². The quantitative estimate of drug-likeness (QED) is 0.285. The molecule has 0 bridgehead atoms. The van der Waals surface area contributed by atoms with Crippen LogP contribution in [0.4, 0.5) is 0 Å². The van der Waals surface area contributed by atoms with Crippen molar-refractivity contribution in [3.8, 4) is 0 Å². The van der Waals surface area contributed by atoms with Crippen molar-refractivity contribution >= 4 is 0 Å². The molecule has 0 aromatic heterocycles. The largest absolute Gasteiger partial charge is 0.367 e. The van der Waals surface area contributed by atoms with Gasteiger partial charge in [-0.3, -0.25) is 0 Å². The lowest BCUT2D eigenvalue weighted by Gasteiger charge is -2.10. The van der Waals surface area contributed by atoms with E-state index in [1.54, 1.807) is 0 Å². The highest BCUT2D eigenvalue weighted by atomic mass is 16.7. The average molecular weight is 521 g/mol. The zero-order valence-electron chi connectivity index (χ0n) is 24.0. The van der Waals surface area contributed by atoms with Gasteiger partial charge >= 0.3 is 0 Å². The van der Waals surface area contributed by atoms with Gasteiger partial charge in [0.25, 0.3) is 0 Å². The summed E-state index contributed by atoms with van der Waals surface area (Å²) < 4.78 is 42.0. The summed E-state index contributed by atoms with van der Waals surface area (Å²) in [5.74, 6) is 0. The summed E-state index contributed by atoms with van der Waals surface area (Å²) in [7, 11) is 0. The van der Waals surface area contributed by atoms with Crippen LogP contribution >= 0.6 is 0 Å². The Labute approximate surface area is 222 Å². The lowest BCUT2D eigenvalue weighted by atomic mass is 9.89. The molecule has 210 valence electrons. The summed E-state index contributed by atoms with van der Waals surface area (Å²) in [6, 6.07) is 0. The molecule has 0 radical (unpaired) electrons. The molecule has 0 N–H and O–H groups in total. The van der Waals surface area contributed by atoms with E-state index in [4.69, 9.17) is 33.2 Å². The minimum absolute atomic E-state index is 0.0218. The zero-order valence-corrected chi connectivity index (χ0v) is 24.0. The van der Waals surface area contributed by atoms with Crippen molar-refractivity contribution in [3.05, 3.63) is 0 Å². The molecule has 0 aromatic carbocycles. The summed E-state index contributed by atoms with van der Waals surface area (Å²) in [4.78, 5) is 0. The van der Waals surface area contributed by atoms with Gasteiger partial charge in [0, 0.05) is 6.42 Å². The van der Waals surface area contributed by atoms with E-state index in [1.165, 1.54) is 0 Å². The molecule has 7 nitrogen and oxygen atoms in total. The van der Waals surface area contributed by atoms with Gasteiger partial charge in [-0.15, -0.1) is 0 Å². The van der Waals surface area contributed by atoms with Gasteiger partial charge in [-0.2, -0.15) is 0 Å². The maximum atomic E-state index is 6.19. The molecule has 0 saturated carbocycles. The molecule has 7 heteroatoms. The van der Waals surface area contributed by atoms with Crippen molar-refractivity contribution in [2.45, 2.75) is 183 Å². The van der Waals surface area contributed by atoms with E-state index >= 15 is 0 Å². The molecule has 37 heavy (non-hydrogen) atoms. The third-order valence-electron chi connectivity index (χ3n) is 11.0. The predicted molar refractivity (Wildman–Crippen MR) is 137 cm³/mol. The van der Waals surface area contributed by atoms with Crippen LogP contribution in [-0.2, 0) is 33.2 Å². The van der Waals surface area contributed by atoms with Gasteiger partial charge in [0.2, 0.25) is 0 Å². The van der Waals surface area contributed by atoms with Crippen LogP contribution < -0.4 is 0 Å². The normalized spacial score (nSPS) is 55.1. The number of epoxide rings is 7. The van der Waals surface area contributed by atoms with Crippen molar-refractivity contribution in [1.29, 1.82) is 0 Å². The second kappa shape index (κ2) is 7.92. The highest BCUT2D eigenvalue weighted by molar-refractivity contribution is 5.14. The van der Waals surface area contributed by atoms with E-state index < -0.39 is 0 Å². The third-order valence-corrected chi connectivity index (χ3v) is 11.0. The van der Waals surface area contributed by atoms with Crippen LogP contribution in [0, 0.1) is 0 Å². The first-order valence-electron chi connectivity index (χ1n) is 14.9. The van der Waals surface area contributed by atoms with E-state index in [0.29, 0.717) is 30.5 Å². The standard InChI is InChI=1S/C30H48O7/c1-25(2)19(33-25)8-12-27(5)21(35-27)10-14-29(7)23(37-29)16-18-24(32-18)30(17-31-30)15-11-22-28(6,36-22)13-9-20-26(3,4)34-20/h18-24H,8-17H2,1-7H3. The molecule has 7 fully saturated rings. The van der Waals surface area contributed by atoms with E-state index in [1.807, 2.05) is 0 Å². The topological polar surface area (TPSA) is 87.7 Å².